The van der Waals surface area contributed by atoms with E-state index in [1.165, 1.54) is 5.56 Å². The Morgan fingerprint density at radius 3 is 2.58 bits per heavy atom. The second-order valence-corrected chi connectivity index (χ2v) is 7.21. The third-order valence-electron chi connectivity index (χ3n) is 3.49. The fourth-order valence-corrected chi connectivity index (χ4v) is 2.46. The molecule has 0 saturated heterocycles. The van der Waals surface area contributed by atoms with Crippen molar-refractivity contribution in [3.63, 3.8) is 0 Å². The molecule has 3 nitrogen and oxygen atoms in total. The minimum Gasteiger partial charge on any atom is -0.337 e. The van der Waals surface area contributed by atoms with Gasteiger partial charge in [0, 0.05) is 24.2 Å². The first-order chi connectivity index (χ1) is 8.71. The predicted octanol–water partition coefficient (Wildman–Crippen LogP) is 3.54. The number of hydrogen-bond acceptors (Lipinski definition) is 1. The van der Waals surface area contributed by atoms with Crippen molar-refractivity contribution in [2.75, 3.05) is 18.0 Å². The average molecular weight is 260 g/mol. The lowest BCUT2D eigenvalue weighted by atomic mass is 9.87. The van der Waals surface area contributed by atoms with Gasteiger partial charge in [-0.3, -0.25) is 4.90 Å². The molecule has 0 aliphatic carbocycles. The summed E-state index contributed by atoms with van der Waals surface area (Å²) in [7, 11) is 0. The van der Waals surface area contributed by atoms with Crippen LogP contribution in [0.5, 0.6) is 0 Å². The van der Waals surface area contributed by atoms with Crippen LogP contribution in [-0.4, -0.2) is 19.1 Å². The molecule has 1 heterocycles. The topological polar surface area (TPSA) is 32.3 Å². The molecule has 0 atom stereocenters. The van der Waals surface area contributed by atoms with Gasteiger partial charge in [-0.25, -0.2) is 4.79 Å². The molecule has 1 aliphatic rings. The number of hydrogen-bond donors (Lipinski definition) is 1. The zero-order valence-electron chi connectivity index (χ0n) is 12.6. The van der Waals surface area contributed by atoms with Crippen molar-refractivity contribution in [3.05, 3.63) is 29.8 Å². The van der Waals surface area contributed by atoms with E-state index < -0.39 is 0 Å². The smallest absolute Gasteiger partial charge is 0.321 e. The lowest BCUT2D eigenvalue weighted by Crippen LogP contribution is -2.44. The lowest BCUT2D eigenvalue weighted by molar-refractivity contribution is 0.240. The number of urea groups is 1. The number of benzene rings is 1. The third-order valence-corrected chi connectivity index (χ3v) is 3.49. The molecule has 0 radical (unpaired) electrons. The minimum atomic E-state index is 0.00736. The van der Waals surface area contributed by atoms with Crippen LogP contribution in [-0.2, 0) is 5.41 Å². The summed E-state index contributed by atoms with van der Waals surface area (Å²) in [5.41, 5.74) is 2.42. The number of fused-ring (bicyclic) bond motifs is 1. The first kappa shape index (κ1) is 13.9. The minimum absolute atomic E-state index is 0.00736. The van der Waals surface area contributed by atoms with Crippen molar-refractivity contribution in [2.24, 2.45) is 5.41 Å². The van der Waals surface area contributed by atoms with Crippen LogP contribution in [0.3, 0.4) is 0 Å². The summed E-state index contributed by atoms with van der Waals surface area (Å²) >= 11 is 0. The number of carbonyl (C=O) groups is 1. The van der Waals surface area contributed by atoms with E-state index in [2.05, 4.69) is 46.0 Å². The summed E-state index contributed by atoms with van der Waals surface area (Å²) in [5.74, 6) is 0. The van der Waals surface area contributed by atoms with Crippen LogP contribution in [0.25, 0.3) is 0 Å². The van der Waals surface area contributed by atoms with Crippen molar-refractivity contribution >= 4 is 11.7 Å². The normalized spacial score (nSPS) is 17.2. The van der Waals surface area contributed by atoms with Gasteiger partial charge in [-0.05, 0) is 17.0 Å². The molecule has 0 unspecified atom stereocenters. The number of amides is 2. The van der Waals surface area contributed by atoms with E-state index in [-0.39, 0.29) is 16.9 Å². The van der Waals surface area contributed by atoms with Gasteiger partial charge in [0.05, 0.1) is 0 Å². The number of rotatable bonds is 1. The molecule has 0 fully saturated rings. The maximum Gasteiger partial charge on any atom is 0.321 e. The second-order valence-electron chi connectivity index (χ2n) is 7.21. The molecule has 0 bridgehead atoms. The molecule has 0 spiro atoms. The zero-order chi connectivity index (χ0) is 14.3. The largest absolute Gasteiger partial charge is 0.337 e. The van der Waals surface area contributed by atoms with E-state index in [4.69, 9.17) is 0 Å². The highest BCUT2D eigenvalue weighted by Crippen LogP contribution is 2.40. The SMILES string of the molecule is CC(C)(C)CNC(=O)N1CC(C)(C)c2ccccc21. The monoisotopic (exact) mass is 260 g/mol. The molecule has 19 heavy (non-hydrogen) atoms. The van der Waals surface area contributed by atoms with Crippen LogP contribution in [0.15, 0.2) is 24.3 Å². The van der Waals surface area contributed by atoms with Gasteiger partial charge < -0.3 is 5.32 Å². The zero-order valence-corrected chi connectivity index (χ0v) is 12.6. The molecular weight excluding hydrogens is 236 g/mol. The third kappa shape index (κ3) is 2.91. The van der Waals surface area contributed by atoms with Crippen molar-refractivity contribution in [1.82, 2.24) is 5.32 Å². The van der Waals surface area contributed by atoms with Gasteiger partial charge in [0.15, 0.2) is 0 Å². The predicted molar refractivity (Wildman–Crippen MR) is 79.7 cm³/mol. The number of nitrogens with zero attached hydrogens (tertiary/aromatic N) is 1. The van der Waals surface area contributed by atoms with Crippen LogP contribution < -0.4 is 10.2 Å². The molecule has 2 amide bonds. The van der Waals surface area contributed by atoms with Crippen molar-refractivity contribution in [2.45, 2.75) is 40.0 Å². The Balaban J connectivity index is 2.17. The van der Waals surface area contributed by atoms with E-state index in [1.54, 1.807) is 0 Å². The number of para-hydroxylation sites is 1. The summed E-state index contributed by atoms with van der Waals surface area (Å²) in [6.45, 7) is 12.2. The molecule has 1 aromatic carbocycles. The number of anilines is 1. The second kappa shape index (κ2) is 4.55. The maximum absolute atomic E-state index is 12.4. The molecule has 0 aromatic heterocycles. The first-order valence-electron chi connectivity index (χ1n) is 6.86. The Morgan fingerprint density at radius 1 is 1.32 bits per heavy atom. The molecule has 1 aromatic rings. The molecule has 1 N–H and O–H groups in total. The van der Waals surface area contributed by atoms with Crippen LogP contribution in [0.4, 0.5) is 10.5 Å². The van der Waals surface area contributed by atoms with Gasteiger partial charge in [-0.2, -0.15) is 0 Å². The highest BCUT2D eigenvalue weighted by molar-refractivity contribution is 5.95. The number of nitrogens with one attached hydrogen (secondary N) is 1. The van der Waals surface area contributed by atoms with Crippen molar-refractivity contribution in [3.8, 4) is 0 Å². The molecule has 3 heteroatoms. The highest BCUT2D eigenvalue weighted by atomic mass is 16.2. The summed E-state index contributed by atoms with van der Waals surface area (Å²) in [6.07, 6.45) is 0. The van der Waals surface area contributed by atoms with Crippen LogP contribution in [0, 0.1) is 5.41 Å². The van der Waals surface area contributed by atoms with Crippen LogP contribution >= 0.6 is 0 Å². The highest BCUT2D eigenvalue weighted by Gasteiger charge is 2.37. The van der Waals surface area contributed by atoms with Gasteiger partial charge in [-0.1, -0.05) is 52.8 Å². The summed E-state index contributed by atoms with van der Waals surface area (Å²) in [5, 5.41) is 3.03. The Hall–Kier alpha value is -1.51. The van der Waals surface area contributed by atoms with Gasteiger partial charge in [0.1, 0.15) is 0 Å². The Morgan fingerprint density at radius 2 is 1.95 bits per heavy atom. The fourth-order valence-electron chi connectivity index (χ4n) is 2.46. The quantitative estimate of drug-likeness (QED) is 0.823. The molecular formula is C16H24N2O. The number of carbonyl (C=O) groups excluding carboxylic acids is 1. The summed E-state index contributed by atoms with van der Waals surface area (Å²) < 4.78 is 0. The molecule has 1 aliphatic heterocycles. The van der Waals surface area contributed by atoms with Gasteiger partial charge in [0.2, 0.25) is 0 Å². The Bertz CT molecular complexity index is 486. The fraction of sp³-hybridized carbons (Fsp3) is 0.562. The molecule has 0 saturated carbocycles. The summed E-state index contributed by atoms with van der Waals surface area (Å²) in [4.78, 5) is 14.2. The lowest BCUT2D eigenvalue weighted by Gasteiger charge is -2.24. The molecule has 2 rings (SSSR count). The van der Waals surface area contributed by atoms with E-state index >= 15 is 0 Å². The van der Waals surface area contributed by atoms with E-state index in [0.717, 1.165) is 12.2 Å². The van der Waals surface area contributed by atoms with Gasteiger partial charge >= 0.3 is 6.03 Å². The Labute approximate surface area is 116 Å². The van der Waals surface area contributed by atoms with Crippen LogP contribution in [0.1, 0.15) is 40.2 Å². The van der Waals surface area contributed by atoms with Crippen molar-refractivity contribution in [1.29, 1.82) is 0 Å². The maximum atomic E-state index is 12.4. The molecule has 104 valence electrons. The van der Waals surface area contributed by atoms with E-state index in [9.17, 15) is 4.79 Å². The summed E-state index contributed by atoms with van der Waals surface area (Å²) in [6, 6.07) is 8.18. The van der Waals surface area contributed by atoms with Crippen LogP contribution in [0.2, 0.25) is 0 Å². The van der Waals surface area contributed by atoms with E-state index in [0.29, 0.717) is 6.54 Å². The van der Waals surface area contributed by atoms with Gasteiger partial charge in [-0.15, -0.1) is 0 Å². The van der Waals surface area contributed by atoms with Gasteiger partial charge in [0.25, 0.3) is 0 Å². The van der Waals surface area contributed by atoms with E-state index in [1.807, 2.05) is 23.1 Å². The van der Waals surface area contributed by atoms with Crippen molar-refractivity contribution < 1.29 is 4.79 Å². The standard InChI is InChI=1S/C16H24N2O/c1-15(2,3)10-17-14(19)18-11-16(4,5)12-8-6-7-9-13(12)18/h6-9H,10-11H2,1-5H3,(H,17,19). The average Bonchev–Trinajstić information content (AvgIpc) is 2.59. The first-order valence-corrected chi connectivity index (χ1v) is 6.86. The Kier molecular flexibility index (Phi) is 3.33.